The SMILES string of the molecule is O=C(Nc1cnn(Cc2ccc(Cl)cc2)c1)C1CC1c1ccc(Cl)cc1. The molecule has 1 amide bonds. The van der Waals surface area contributed by atoms with E-state index in [9.17, 15) is 4.79 Å². The van der Waals surface area contributed by atoms with Gasteiger partial charge >= 0.3 is 0 Å². The van der Waals surface area contributed by atoms with Gasteiger partial charge in [-0.25, -0.2) is 0 Å². The highest BCUT2D eigenvalue weighted by Gasteiger charge is 2.43. The van der Waals surface area contributed by atoms with Gasteiger partial charge in [0, 0.05) is 22.2 Å². The van der Waals surface area contributed by atoms with Crippen molar-refractivity contribution in [1.82, 2.24) is 9.78 Å². The average Bonchev–Trinajstić information content (AvgIpc) is 3.32. The quantitative estimate of drug-likeness (QED) is 0.672. The molecule has 2 atom stereocenters. The number of nitrogens with zero attached hydrogens (tertiary/aromatic N) is 2. The lowest BCUT2D eigenvalue weighted by Gasteiger charge is -2.03. The van der Waals surface area contributed by atoms with Gasteiger partial charge in [0.05, 0.1) is 18.4 Å². The molecule has 1 fully saturated rings. The zero-order chi connectivity index (χ0) is 18.1. The molecule has 26 heavy (non-hydrogen) atoms. The number of benzene rings is 2. The highest BCUT2D eigenvalue weighted by molar-refractivity contribution is 6.30. The van der Waals surface area contributed by atoms with Crippen molar-refractivity contribution in [3.63, 3.8) is 0 Å². The Hall–Kier alpha value is -2.30. The van der Waals surface area contributed by atoms with E-state index in [0.717, 1.165) is 17.5 Å². The van der Waals surface area contributed by atoms with Crippen molar-refractivity contribution >= 4 is 34.8 Å². The van der Waals surface area contributed by atoms with E-state index in [-0.39, 0.29) is 17.7 Å². The van der Waals surface area contributed by atoms with Crippen LogP contribution in [0.4, 0.5) is 5.69 Å². The maximum atomic E-state index is 12.4. The first kappa shape index (κ1) is 17.1. The molecule has 0 aliphatic heterocycles. The van der Waals surface area contributed by atoms with Crippen molar-refractivity contribution in [2.24, 2.45) is 5.92 Å². The van der Waals surface area contributed by atoms with E-state index in [1.165, 1.54) is 0 Å². The van der Waals surface area contributed by atoms with Gasteiger partial charge in [0.15, 0.2) is 0 Å². The molecule has 2 unspecified atom stereocenters. The number of rotatable bonds is 5. The number of hydrogen-bond acceptors (Lipinski definition) is 2. The Morgan fingerprint density at radius 2 is 1.73 bits per heavy atom. The van der Waals surface area contributed by atoms with Crippen LogP contribution in [-0.2, 0) is 11.3 Å². The van der Waals surface area contributed by atoms with Crippen molar-refractivity contribution in [3.8, 4) is 0 Å². The number of nitrogens with one attached hydrogen (secondary N) is 1. The third kappa shape index (κ3) is 3.92. The second kappa shape index (κ2) is 7.14. The Morgan fingerprint density at radius 1 is 1.08 bits per heavy atom. The van der Waals surface area contributed by atoms with E-state index >= 15 is 0 Å². The summed E-state index contributed by atoms with van der Waals surface area (Å²) < 4.78 is 1.79. The van der Waals surface area contributed by atoms with Gasteiger partial charge in [-0.3, -0.25) is 9.48 Å². The molecule has 1 N–H and O–H groups in total. The molecule has 4 rings (SSSR count). The molecular weight excluding hydrogens is 369 g/mol. The summed E-state index contributed by atoms with van der Waals surface area (Å²) in [6, 6.07) is 15.3. The Morgan fingerprint density at radius 3 is 2.42 bits per heavy atom. The third-order valence-corrected chi connectivity index (χ3v) is 5.09. The lowest BCUT2D eigenvalue weighted by molar-refractivity contribution is -0.117. The van der Waals surface area contributed by atoms with Crippen molar-refractivity contribution in [2.45, 2.75) is 18.9 Å². The fraction of sp³-hybridized carbons (Fsp3) is 0.200. The van der Waals surface area contributed by atoms with Gasteiger partial charge in [0.1, 0.15) is 0 Å². The van der Waals surface area contributed by atoms with E-state index < -0.39 is 0 Å². The zero-order valence-electron chi connectivity index (χ0n) is 13.9. The minimum atomic E-state index is 0.00999. The molecule has 0 saturated heterocycles. The Bertz CT molecular complexity index is 919. The number of amides is 1. The molecule has 0 spiro atoms. The molecule has 0 bridgehead atoms. The summed E-state index contributed by atoms with van der Waals surface area (Å²) >= 11 is 11.8. The van der Waals surface area contributed by atoms with Crippen molar-refractivity contribution in [2.75, 3.05) is 5.32 Å². The summed E-state index contributed by atoms with van der Waals surface area (Å²) in [7, 11) is 0. The fourth-order valence-corrected chi connectivity index (χ4v) is 3.34. The van der Waals surface area contributed by atoms with E-state index in [1.807, 2.05) is 54.7 Å². The lowest BCUT2D eigenvalue weighted by Crippen LogP contribution is -2.14. The molecular formula is C20H17Cl2N3O. The van der Waals surface area contributed by atoms with E-state index in [0.29, 0.717) is 22.3 Å². The molecule has 1 aromatic heterocycles. The molecule has 1 aliphatic carbocycles. The summed E-state index contributed by atoms with van der Waals surface area (Å²) in [5, 5.41) is 8.69. The summed E-state index contributed by atoms with van der Waals surface area (Å²) in [4.78, 5) is 12.4. The summed E-state index contributed by atoms with van der Waals surface area (Å²) in [5.41, 5.74) is 2.97. The van der Waals surface area contributed by atoms with Gasteiger partial charge in [0.2, 0.25) is 5.91 Å². The molecule has 1 saturated carbocycles. The smallest absolute Gasteiger partial charge is 0.228 e. The third-order valence-electron chi connectivity index (χ3n) is 4.58. The number of carbonyl (C=O) groups excluding carboxylic acids is 1. The monoisotopic (exact) mass is 385 g/mol. The number of halogens is 2. The number of carbonyl (C=O) groups is 1. The van der Waals surface area contributed by atoms with E-state index in [1.54, 1.807) is 10.9 Å². The summed E-state index contributed by atoms with van der Waals surface area (Å²) in [6.07, 6.45) is 4.38. The second-order valence-electron chi connectivity index (χ2n) is 6.54. The predicted octanol–water partition coefficient (Wildman–Crippen LogP) is 4.98. The van der Waals surface area contributed by atoms with Gasteiger partial charge in [-0.1, -0.05) is 47.5 Å². The molecule has 0 radical (unpaired) electrons. The average molecular weight is 386 g/mol. The number of hydrogen-bond donors (Lipinski definition) is 1. The number of aromatic nitrogens is 2. The van der Waals surface area contributed by atoms with Crippen LogP contribution in [0, 0.1) is 5.92 Å². The largest absolute Gasteiger partial charge is 0.323 e. The fourth-order valence-electron chi connectivity index (χ4n) is 3.09. The minimum Gasteiger partial charge on any atom is -0.323 e. The van der Waals surface area contributed by atoms with Crippen LogP contribution in [0.15, 0.2) is 60.9 Å². The molecule has 3 aromatic rings. The lowest BCUT2D eigenvalue weighted by atomic mass is 10.1. The standard InChI is InChI=1S/C20H17Cl2N3O/c21-15-5-1-13(2-6-15)11-25-12-17(10-23-25)24-20(26)19-9-18(19)14-3-7-16(22)8-4-14/h1-8,10,12,18-19H,9,11H2,(H,24,26). The number of anilines is 1. The van der Waals surface area contributed by atoms with Crippen molar-refractivity contribution in [3.05, 3.63) is 82.1 Å². The van der Waals surface area contributed by atoms with Crippen molar-refractivity contribution < 1.29 is 4.79 Å². The molecule has 6 heteroatoms. The summed E-state index contributed by atoms with van der Waals surface area (Å²) in [6.45, 7) is 0.629. The van der Waals surface area contributed by atoms with Crippen LogP contribution in [0.25, 0.3) is 0 Å². The Labute approximate surface area is 161 Å². The topological polar surface area (TPSA) is 46.9 Å². The minimum absolute atomic E-state index is 0.00999. The predicted molar refractivity (Wildman–Crippen MR) is 104 cm³/mol. The first-order chi connectivity index (χ1) is 12.6. The van der Waals surface area contributed by atoms with E-state index in [2.05, 4.69) is 10.4 Å². The second-order valence-corrected chi connectivity index (χ2v) is 7.42. The Balaban J connectivity index is 1.35. The van der Waals surface area contributed by atoms with Gasteiger partial charge in [0.25, 0.3) is 0 Å². The molecule has 132 valence electrons. The first-order valence-corrected chi connectivity index (χ1v) is 9.17. The van der Waals surface area contributed by atoms with Crippen LogP contribution in [0.2, 0.25) is 10.0 Å². The maximum absolute atomic E-state index is 12.4. The zero-order valence-corrected chi connectivity index (χ0v) is 15.4. The van der Waals surface area contributed by atoms with Gasteiger partial charge < -0.3 is 5.32 Å². The highest BCUT2D eigenvalue weighted by atomic mass is 35.5. The molecule has 1 heterocycles. The maximum Gasteiger partial charge on any atom is 0.228 e. The van der Waals surface area contributed by atoms with Crippen LogP contribution in [0.1, 0.15) is 23.5 Å². The molecule has 4 nitrogen and oxygen atoms in total. The first-order valence-electron chi connectivity index (χ1n) is 8.42. The molecule has 1 aliphatic rings. The van der Waals surface area contributed by atoms with Gasteiger partial charge in [-0.2, -0.15) is 5.10 Å². The van der Waals surface area contributed by atoms with Crippen LogP contribution in [0.3, 0.4) is 0 Å². The summed E-state index contributed by atoms with van der Waals surface area (Å²) in [5.74, 6) is 0.322. The van der Waals surface area contributed by atoms with Gasteiger partial charge in [-0.15, -0.1) is 0 Å². The van der Waals surface area contributed by atoms with E-state index in [4.69, 9.17) is 23.2 Å². The van der Waals surface area contributed by atoms with Crippen LogP contribution in [-0.4, -0.2) is 15.7 Å². The van der Waals surface area contributed by atoms with Crippen LogP contribution >= 0.6 is 23.2 Å². The van der Waals surface area contributed by atoms with Crippen molar-refractivity contribution in [1.29, 1.82) is 0 Å². The molecule has 2 aromatic carbocycles. The van der Waals surface area contributed by atoms with Crippen LogP contribution < -0.4 is 5.32 Å². The normalized spacial score (nSPS) is 18.5. The van der Waals surface area contributed by atoms with Gasteiger partial charge in [-0.05, 0) is 47.7 Å². The highest BCUT2D eigenvalue weighted by Crippen LogP contribution is 2.48. The van der Waals surface area contributed by atoms with Crippen LogP contribution in [0.5, 0.6) is 0 Å². The Kier molecular flexibility index (Phi) is 4.70.